The highest BCUT2D eigenvalue weighted by Gasteiger charge is 2.27. The maximum atomic E-state index is 10.6. The van der Waals surface area contributed by atoms with E-state index in [1.807, 2.05) is 12.1 Å². The van der Waals surface area contributed by atoms with Crippen molar-refractivity contribution in [3.05, 3.63) is 30.0 Å². The quantitative estimate of drug-likeness (QED) is 0.849. The molecule has 0 aliphatic carbocycles. The largest absolute Gasteiger partial charge is 0.478 e. The van der Waals surface area contributed by atoms with Gasteiger partial charge in [-0.05, 0) is 36.5 Å². The molecule has 1 aliphatic rings. The SMILES string of the molecule is CC1(C)CCCN(c2ncccc2/C=C/C(=O)O)C1. The highest BCUT2D eigenvalue weighted by Crippen LogP contribution is 2.32. The lowest BCUT2D eigenvalue weighted by molar-refractivity contribution is -0.131. The molecule has 0 radical (unpaired) electrons. The van der Waals surface area contributed by atoms with Gasteiger partial charge in [-0.25, -0.2) is 9.78 Å². The first-order valence-electron chi connectivity index (χ1n) is 6.59. The number of rotatable bonds is 3. The lowest BCUT2D eigenvalue weighted by Crippen LogP contribution is -2.40. The van der Waals surface area contributed by atoms with Gasteiger partial charge in [0.05, 0.1) is 0 Å². The van der Waals surface area contributed by atoms with Gasteiger partial charge >= 0.3 is 5.97 Å². The van der Waals surface area contributed by atoms with Crippen LogP contribution in [-0.2, 0) is 4.79 Å². The monoisotopic (exact) mass is 260 g/mol. The van der Waals surface area contributed by atoms with E-state index in [4.69, 9.17) is 5.11 Å². The summed E-state index contributed by atoms with van der Waals surface area (Å²) in [5, 5.41) is 8.74. The molecular formula is C15H20N2O2. The minimum Gasteiger partial charge on any atom is -0.478 e. The van der Waals surface area contributed by atoms with Crippen LogP contribution in [0, 0.1) is 5.41 Å². The molecule has 0 bridgehead atoms. The van der Waals surface area contributed by atoms with Crippen molar-refractivity contribution in [3.63, 3.8) is 0 Å². The maximum Gasteiger partial charge on any atom is 0.328 e. The van der Waals surface area contributed by atoms with Crippen LogP contribution in [0.3, 0.4) is 0 Å². The smallest absolute Gasteiger partial charge is 0.328 e. The van der Waals surface area contributed by atoms with Crippen molar-refractivity contribution in [2.75, 3.05) is 18.0 Å². The van der Waals surface area contributed by atoms with Crippen molar-refractivity contribution in [2.24, 2.45) is 5.41 Å². The van der Waals surface area contributed by atoms with Gasteiger partial charge in [0.1, 0.15) is 5.82 Å². The number of carbonyl (C=O) groups is 1. The summed E-state index contributed by atoms with van der Waals surface area (Å²) in [6.07, 6.45) is 6.90. The van der Waals surface area contributed by atoms with Crippen molar-refractivity contribution in [1.29, 1.82) is 0 Å². The maximum absolute atomic E-state index is 10.6. The second-order valence-corrected chi connectivity index (χ2v) is 5.78. The minimum atomic E-state index is -0.936. The Kier molecular flexibility index (Phi) is 3.88. The molecular weight excluding hydrogens is 240 g/mol. The van der Waals surface area contributed by atoms with Crippen molar-refractivity contribution < 1.29 is 9.90 Å². The number of anilines is 1. The number of piperidine rings is 1. The molecule has 1 fully saturated rings. The third kappa shape index (κ3) is 3.56. The molecule has 4 heteroatoms. The summed E-state index contributed by atoms with van der Waals surface area (Å²) in [5.74, 6) is -0.0541. The second kappa shape index (κ2) is 5.43. The molecule has 0 spiro atoms. The fourth-order valence-electron chi connectivity index (χ4n) is 2.57. The molecule has 2 rings (SSSR count). The van der Waals surface area contributed by atoms with Gasteiger partial charge in [-0.2, -0.15) is 0 Å². The Morgan fingerprint density at radius 2 is 2.32 bits per heavy atom. The second-order valence-electron chi connectivity index (χ2n) is 5.78. The lowest BCUT2D eigenvalue weighted by Gasteiger charge is -2.39. The van der Waals surface area contributed by atoms with E-state index in [-0.39, 0.29) is 5.41 Å². The molecule has 0 unspecified atom stereocenters. The number of aromatic nitrogens is 1. The van der Waals surface area contributed by atoms with Gasteiger partial charge < -0.3 is 10.0 Å². The number of nitrogens with zero attached hydrogens (tertiary/aromatic N) is 2. The number of carboxylic acids is 1. The average molecular weight is 260 g/mol. The molecule has 1 aromatic rings. The molecule has 2 heterocycles. The van der Waals surface area contributed by atoms with Crippen molar-refractivity contribution in [1.82, 2.24) is 4.98 Å². The van der Waals surface area contributed by atoms with Crippen LogP contribution in [-0.4, -0.2) is 29.1 Å². The number of aliphatic carboxylic acids is 1. The zero-order valence-electron chi connectivity index (χ0n) is 11.5. The molecule has 1 aromatic heterocycles. The summed E-state index contributed by atoms with van der Waals surface area (Å²) < 4.78 is 0. The number of hydrogen-bond donors (Lipinski definition) is 1. The molecule has 0 saturated carbocycles. The Hall–Kier alpha value is -1.84. The first-order chi connectivity index (χ1) is 8.98. The van der Waals surface area contributed by atoms with Gasteiger partial charge in [-0.15, -0.1) is 0 Å². The zero-order valence-corrected chi connectivity index (χ0v) is 11.5. The third-order valence-electron chi connectivity index (χ3n) is 3.42. The summed E-state index contributed by atoms with van der Waals surface area (Å²) in [6, 6.07) is 3.74. The highest BCUT2D eigenvalue weighted by atomic mass is 16.4. The molecule has 1 N–H and O–H groups in total. The van der Waals surface area contributed by atoms with Crippen LogP contribution in [0.4, 0.5) is 5.82 Å². The molecule has 1 saturated heterocycles. The van der Waals surface area contributed by atoms with E-state index in [0.29, 0.717) is 0 Å². The Morgan fingerprint density at radius 1 is 1.53 bits per heavy atom. The molecule has 1 aliphatic heterocycles. The van der Waals surface area contributed by atoms with E-state index >= 15 is 0 Å². The first kappa shape index (κ1) is 13.6. The Bertz CT molecular complexity index is 495. The third-order valence-corrected chi connectivity index (χ3v) is 3.42. The predicted molar refractivity (Wildman–Crippen MR) is 76.1 cm³/mol. The van der Waals surface area contributed by atoms with Gasteiger partial charge in [-0.3, -0.25) is 0 Å². The normalized spacial score (nSPS) is 18.7. The van der Waals surface area contributed by atoms with Crippen LogP contribution < -0.4 is 4.90 Å². The fourth-order valence-corrected chi connectivity index (χ4v) is 2.57. The summed E-state index contributed by atoms with van der Waals surface area (Å²) in [6.45, 7) is 6.45. The van der Waals surface area contributed by atoms with Gasteiger partial charge in [0.2, 0.25) is 0 Å². The van der Waals surface area contributed by atoms with Crippen LogP contribution in [0.15, 0.2) is 24.4 Å². The highest BCUT2D eigenvalue weighted by molar-refractivity contribution is 5.86. The van der Waals surface area contributed by atoms with E-state index in [2.05, 4.69) is 23.7 Å². The van der Waals surface area contributed by atoms with E-state index in [1.165, 1.54) is 6.42 Å². The zero-order chi connectivity index (χ0) is 13.9. The molecule has 4 nitrogen and oxygen atoms in total. The standard InChI is InChI=1S/C15H20N2O2/c1-15(2)8-4-10-17(11-15)14-12(5-3-9-16-14)6-7-13(18)19/h3,5-7,9H,4,8,10-11H2,1-2H3,(H,18,19)/b7-6+. The Balaban J connectivity index is 2.26. The summed E-state index contributed by atoms with van der Waals surface area (Å²) in [7, 11) is 0. The van der Waals surface area contributed by atoms with Gasteiger partial charge in [0, 0.05) is 30.9 Å². The van der Waals surface area contributed by atoms with Crippen LogP contribution in [0.5, 0.6) is 0 Å². The topological polar surface area (TPSA) is 53.4 Å². The molecule has 102 valence electrons. The van der Waals surface area contributed by atoms with E-state index < -0.39 is 5.97 Å². The summed E-state index contributed by atoms with van der Waals surface area (Å²) >= 11 is 0. The van der Waals surface area contributed by atoms with Crippen LogP contribution >= 0.6 is 0 Å². The summed E-state index contributed by atoms with van der Waals surface area (Å²) in [5.41, 5.74) is 1.14. The Labute approximate surface area is 113 Å². The van der Waals surface area contributed by atoms with Crippen molar-refractivity contribution in [3.8, 4) is 0 Å². The van der Waals surface area contributed by atoms with Crippen LogP contribution in [0.25, 0.3) is 6.08 Å². The summed E-state index contributed by atoms with van der Waals surface area (Å²) in [4.78, 5) is 17.3. The lowest BCUT2D eigenvalue weighted by atomic mass is 9.84. The fraction of sp³-hybridized carbons (Fsp3) is 0.467. The first-order valence-corrected chi connectivity index (χ1v) is 6.59. The molecule has 19 heavy (non-hydrogen) atoms. The van der Waals surface area contributed by atoms with Crippen LogP contribution in [0.2, 0.25) is 0 Å². The van der Waals surface area contributed by atoms with E-state index in [1.54, 1.807) is 12.3 Å². The average Bonchev–Trinajstić information content (AvgIpc) is 2.35. The molecule has 0 amide bonds. The Morgan fingerprint density at radius 3 is 3.00 bits per heavy atom. The van der Waals surface area contributed by atoms with Gasteiger partial charge in [-0.1, -0.05) is 13.8 Å². The van der Waals surface area contributed by atoms with Crippen LogP contribution in [0.1, 0.15) is 32.3 Å². The van der Waals surface area contributed by atoms with Gasteiger partial charge in [0.25, 0.3) is 0 Å². The van der Waals surface area contributed by atoms with E-state index in [9.17, 15) is 4.79 Å². The minimum absolute atomic E-state index is 0.281. The number of carboxylic acid groups (broad SMARTS) is 1. The number of pyridine rings is 1. The van der Waals surface area contributed by atoms with Crippen molar-refractivity contribution in [2.45, 2.75) is 26.7 Å². The number of hydrogen-bond acceptors (Lipinski definition) is 3. The van der Waals surface area contributed by atoms with Gasteiger partial charge in [0.15, 0.2) is 0 Å². The molecule has 0 atom stereocenters. The van der Waals surface area contributed by atoms with Crippen molar-refractivity contribution >= 4 is 17.9 Å². The predicted octanol–water partition coefficient (Wildman–Crippen LogP) is 2.81. The molecule has 0 aromatic carbocycles. The van der Waals surface area contributed by atoms with E-state index in [0.717, 1.165) is 37.0 Å².